The van der Waals surface area contributed by atoms with Crippen LogP contribution >= 0.6 is 0 Å². The number of aliphatic imine (C=N–C) groups is 1. The average Bonchev–Trinajstić information content (AvgIpc) is 2.65. The maximum absolute atomic E-state index is 10.5. The van der Waals surface area contributed by atoms with Gasteiger partial charge in [-0.2, -0.15) is 4.99 Å². The van der Waals surface area contributed by atoms with Crippen LogP contribution in [-0.2, 0) is 10.3 Å². The molecule has 0 saturated heterocycles. The molecule has 0 aliphatic heterocycles. The fourth-order valence-corrected chi connectivity index (χ4v) is 2.41. The summed E-state index contributed by atoms with van der Waals surface area (Å²) in [6, 6.07) is 5.89. The van der Waals surface area contributed by atoms with Crippen LogP contribution in [0.15, 0.2) is 27.7 Å². The van der Waals surface area contributed by atoms with E-state index in [0.29, 0.717) is 0 Å². The van der Waals surface area contributed by atoms with Crippen LogP contribution in [0.25, 0.3) is 11.0 Å². The van der Waals surface area contributed by atoms with E-state index in [1.807, 2.05) is 25.1 Å². The Kier molecular flexibility index (Phi) is 2.13. The molecule has 1 fully saturated rings. The molecule has 1 saturated carbocycles. The van der Waals surface area contributed by atoms with Gasteiger partial charge in [0.15, 0.2) is 5.58 Å². The predicted octanol–water partition coefficient (Wildman–Crippen LogP) is 2.85. The molecule has 1 aromatic carbocycles. The van der Waals surface area contributed by atoms with E-state index in [1.54, 1.807) is 6.08 Å². The van der Waals surface area contributed by atoms with Gasteiger partial charge in [0.05, 0.1) is 11.2 Å². The number of hydrogen-bond acceptors (Lipinski definition) is 4. The Morgan fingerprint density at radius 3 is 2.94 bits per heavy atom. The van der Waals surface area contributed by atoms with Crippen LogP contribution in [0.5, 0.6) is 0 Å². The summed E-state index contributed by atoms with van der Waals surface area (Å²) in [5.41, 5.74) is 2.35. The van der Waals surface area contributed by atoms with Crippen LogP contribution in [0.3, 0.4) is 0 Å². The Hall–Kier alpha value is -1.93. The van der Waals surface area contributed by atoms with Crippen LogP contribution in [0.4, 0.5) is 0 Å². The highest BCUT2D eigenvalue weighted by Crippen LogP contribution is 2.45. The molecule has 0 amide bonds. The van der Waals surface area contributed by atoms with Crippen molar-refractivity contribution in [1.82, 2.24) is 5.16 Å². The van der Waals surface area contributed by atoms with Gasteiger partial charge in [-0.05, 0) is 43.9 Å². The zero-order valence-corrected chi connectivity index (χ0v) is 9.56. The van der Waals surface area contributed by atoms with E-state index in [1.165, 1.54) is 0 Å². The first-order valence-electron chi connectivity index (χ1n) is 5.71. The van der Waals surface area contributed by atoms with Crippen molar-refractivity contribution in [1.29, 1.82) is 0 Å². The van der Waals surface area contributed by atoms with Crippen LogP contribution in [0.1, 0.15) is 30.5 Å². The molecule has 1 heterocycles. The highest BCUT2D eigenvalue weighted by atomic mass is 16.5. The van der Waals surface area contributed by atoms with Gasteiger partial charge in [0.2, 0.25) is 6.08 Å². The lowest BCUT2D eigenvalue weighted by molar-refractivity contribution is 0.256. The van der Waals surface area contributed by atoms with E-state index < -0.39 is 0 Å². The standard InChI is InChI=1S/C13H12N2O2/c1-9-11-7-10(3-4-12(11)17-15-9)13(14-8-16)5-2-6-13/h3-4,7H,2,5-6H2,1H3. The van der Waals surface area contributed by atoms with E-state index in [0.717, 1.165) is 41.5 Å². The van der Waals surface area contributed by atoms with E-state index in [-0.39, 0.29) is 5.54 Å². The average molecular weight is 228 g/mol. The molecule has 3 rings (SSSR count). The van der Waals surface area contributed by atoms with Gasteiger partial charge in [0, 0.05) is 5.39 Å². The maximum Gasteiger partial charge on any atom is 0.235 e. The number of hydrogen-bond donors (Lipinski definition) is 0. The maximum atomic E-state index is 10.5. The molecule has 1 aliphatic carbocycles. The molecular weight excluding hydrogens is 216 g/mol. The van der Waals surface area contributed by atoms with Gasteiger partial charge in [-0.3, -0.25) is 0 Å². The molecule has 4 nitrogen and oxygen atoms in total. The lowest BCUT2D eigenvalue weighted by Crippen LogP contribution is -2.31. The Morgan fingerprint density at radius 2 is 2.29 bits per heavy atom. The van der Waals surface area contributed by atoms with Crippen LogP contribution < -0.4 is 0 Å². The summed E-state index contributed by atoms with van der Waals surface area (Å²) < 4.78 is 5.17. The summed E-state index contributed by atoms with van der Waals surface area (Å²) in [5.74, 6) is 0. The van der Waals surface area contributed by atoms with Gasteiger partial charge < -0.3 is 4.52 Å². The lowest BCUT2D eigenvalue weighted by atomic mass is 9.72. The second-order valence-corrected chi connectivity index (χ2v) is 4.57. The van der Waals surface area contributed by atoms with Gasteiger partial charge in [-0.1, -0.05) is 11.2 Å². The number of nitrogens with zero attached hydrogens (tertiary/aromatic N) is 2. The minimum absolute atomic E-state index is 0.348. The number of aryl methyl sites for hydroxylation is 1. The summed E-state index contributed by atoms with van der Waals surface area (Å²) in [6.07, 6.45) is 4.63. The molecule has 1 aromatic heterocycles. The van der Waals surface area contributed by atoms with Crippen molar-refractivity contribution in [3.8, 4) is 0 Å². The summed E-state index contributed by atoms with van der Waals surface area (Å²) in [5, 5.41) is 4.92. The first kappa shape index (κ1) is 10.2. The minimum Gasteiger partial charge on any atom is -0.356 e. The Bertz CT molecular complexity index is 619. The van der Waals surface area contributed by atoms with Gasteiger partial charge in [-0.15, -0.1) is 0 Å². The summed E-state index contributed by atoms with van der Waals surface area (Å²) >= 11 is 0. The molecule has 2 aromatic rings. The van der Waals surface area contributed by atoms with Crippen LogP contribution in [-0.4, -0.2) is 11.2 Å². The van der Waals surface area contributed by atoms with Gasteiger partial charge >= 0.3 is 0 Å². The van der Waals surface area contributed by atoms with Crippen molar-refractivity contribution in [2.75, 3.05) is 0 Å². The van der Waals surface area contributed by atoms with Crippen molar-refractivity contribution in [3.63, 3.8) is 0 Å². The molecular formula is C13H12N2O2. The van der Waals surface area contributed by atoms with Gasteiger partial charge in [0.25, 0.3) is 0 Å². The Morgan fingerprint density at radius 1 is 1.47 bits per heavy atom. The summed E-state index contributed by atoms with van der Waals surface area (Å²) in [6.45, 7) is 1.91. The smallest absolute Gasteiger partial charge is 0.235 e. The first-order valence-corrected chi connectivity index (χ1v) is 5.71. The molecule has 4 heteroatoms. The molecule has 0 N–H and O–H groups in total. The summed E-state index contributed by atoms with van der Waals surface area (Å²) in [7, 11) is 0. The Labute approximate surface area is 98.3 Å². The van der Waals surface area contributed by atoms with E-state index in [2.05, 4.69) is 10.1 Å². The second kappa shape index (κ2) is 3.54. The molecule has 1 aliphatic rings. The third-order valence-corrected chi connectivity index (χ3v) is 3.63. The predicted molar refractivity (Wildman–Crippen MR) is 62.4 cm³/mol. The van der Waals surface area contributed by atoms with Gasteiger partial charge in [0.1, 0.15) is 0 Å². The minimum atomic E-state index is -0.348. The molecule has 0 spiro atoms. The highest BCUT2D eigenvalue weighted by Gasteiger charge is 2.39. The number of benzene rings is 1. The molecule has 86 valence electrons. The molecule has 0 radical (unpaired) electrons. The van der Waals surface area contributed by atoms with Crippen molar-refractivity contribution >= 4 is 17.0 Å². The Balaban J connectivity index is 2.16. The van der Waals surface area contributed by atoms with Gasteiger partial charge in [-0.25, -0.2) is 4.79 Å². The number of carbonyl (C=O) groups excluding carboxylic acids is 1. The topological polar surface area (TPSA) is 55.5 Å². The number of fused-ring (bicyclic) bond motifs is 1. The molecule has 17 heavy (non-hydrogen) atoms. The van der Waals surface area contributed by atoms with E-state index in [9.17, 15) is 4.79 Å². The number of isocyanates is 1. The zero-order chi connectivity index (χ0) is 11.9. The van der Waals surface area contributed by atoms with Crippen LogP contribution in [0, 0.1) is 6.92 Å². The quantitative estimate of drug-likeness (QED) is 0.586. The third-order valence-electron chi connectivity index (χ3n) is 3.63. The van der Waals surface area contributed by atoms with E-state index in [4.69, 9.17) is 4.52 Å². The fraction of sp³-hybridized carbons (Fsp3) is 0.385. The highest BCUT2D eigenvalue weighted by molar-refractivity contribution is 5.80. The molecule has 0 bridgehead atoms. The molecule has 0 atom stereocenters. The monoisotopic (exact) mass is 228 g/mol. The van der Waals surface area contributed by atoms with Crippen molar-refractivity contribution in [2.45, 2.75) is 31.7 Å². The fourth-order valence-electron chi connectivity index (χ4n) is 2.41. The van der Waals surface area contributed by atoms with E-state index >= 15 is 0 Å². The van der Waals surface area contributed by atoms with Crippen molar-refractivity contribution < 1.29 is 9.32 Å². The van der Waals surface area contributed by atoms with Crippen LogP contribution in [0.2, 0.25) is 0 Å². The SMILES string of the molecule is Cc1noc2ccc(C3(N=C=O)CCC3)cc12. The third kappa shape index (κ3) is 1.41. The second-order valence-electron chi connectivity index (χ2n) is 4.57. The normalized spacial score (nSPS) is 17.5. The number of aromatic nitrogens is 1. The lowest BCUT2D eigenvalue weighted by Gasteiger charge is -2.37. The largest absolute Gasteiger partial charge is 0.356 e. The summed E-state index contributed by atoms with van der Waals surface area (Å²) in [4.78, 5) is 14.5. The zero-order valence-electron chi connectivity index (χ0n) is 9.56. The van der Waals surface area contributed by atoms with Crippen molar-refractivity contribution in [2.24, 2.45) is 4.99 Å². The molecule has 0 unspecified atom stereocenters. The van der Waals surface area contributed by atoms with Crippen molar-refractivity contribution in [3.05, 3.63) is 29.5 Å². The number of rotatable bonds is 2. The first-order chi connectivity index (χ1) is 8.25.